The molecule has 0 unspecified atom stereocenters. The molecular formula is C16H23N3. The van der Waals surface area contributed by atoms with Crippen LogP contribution in [0.3, 0.4) is 0 Å². The van der Waals surface area contributed by atoms with Gasteiger partial charge in [0.25, 0.3) is 0 Å². The van der Waals surface area contributed by atoms with Gasteiger partial charge in [-0.3, -0.25) is 0 Å². The fourth-order valence-electron chi connectivity index (χ4n) is 2.71. The summed E-state index contributed by atoms with van der Waals surface area (Å²) in [6.07, 6.45) is 6.93. The van der Waals surface area contributed by atoms with Gasteiger partial charge in [0.15, 0.2) is 0 Å². The van der Waals surface area contributed by atoms with Crippen molar-refractivity contribution >= 4 is 5.82 Å². The van der Waals surface area contributed by atoms with Crippen molar-refractivity contribution in [1.29, 1.82) is 5.26 Å². The number of aromatic nitrogens is 1. The standard InChI is InChI=1S/C16H23N3/c1-3-5-10-19(4-2)16-14(12-17)11-13-8-6-7-9-15(13)18-16/h11H,3-10H2,1-2H3. The van der Waals surface area contributed by atoms with Crippen LogP contribution >= 0.6 is 0 Å². The Morgan fingerprint density at radius 1 is 1.32 bits per heavy atom. The lowest BCUT2D eigenvalue weighted by Crippen LogP contribution is -2.26. The third-order valence-corrected chi connectivity index (χ3v) is 3.86. The van der Waals surface area contributed by atoms with E-state index in [1.807, 2.05) is 0 Å². The van der Waals surface area contributed by atoms with Gasteiger partial charge < -0.3 is 4.90 Å². The monoisotopic (exact) mass is 257 g/mol. The van der Waals surface area contributed by atoms with Crippen LogP contribution in [-0.2, 0) is 12.8 Å². The normalized spacial score (nSPS) is 13.7. The summed E-state index contributed by atoms with van der Waals surface area (Å²) >= 11 is 0. The summed E-state index contributed by atoms with van der Waals surface area (Å²) in [7, 11) is 0. The number of nitriles is 1. The lowest BCUT2D eigenvalue weighted by atomic mass is 9.95. The average molecular weight is 257 g/mol. The minimum absolute atomic E-state index is 0.749. The molecular weight excluding hydrogens is 234 g/mol. The minimum atomic E-state index is 0.749. The van der Waals surface area contributed by atoms with Crippen molar-refractivity contribution in [3.05, 3.63) is 22.9 Å². The lowest BCUT2D eigenvalue weighted by molar-refractivity contribution is 0.660. The van der Waals surface area contributed by atoms with Crippen LogP contribution in [0.25, 0.3) is 0 Å². The Labute approximate surface area is 116 Å². The summed E-state index contributed by atoms with van der Waals surface area (Å²) in [6, 6.07) is 4.41. The molecule has 0 bridgehead atoms. The van der Waals surface area contributed by atoms with Gasteiger partial charge in [-0.25, -0.2) is 4.98 Å². The van der Waals surface area contributed by atoms with Crippen LogP contribution in [-0.4, -0.2) is 18.1 Å². The Bertz CT molecular complexity index is 474. The Hall–Kier alpha value is -1.56. The van der Waals surface area contributed by atoms with Crippen LogP contribution in [0.4, 0.5) is 5.82 Å². The molecule has 102 valence electrons. The van der Waals surface area contributed by atoms with E-state index in [1.54, 1.807) is 0 Å². The second-order valence-electron chi connectivity index (χ2n) is 5.22. The van der Waals surface area contributed by atoms with E-state index >= 15 is 0 Å². The highest BCUT2D eigenvalue weighted by molar-refractivity contribution is 5.56. The first kappa shape index (κ1) is 13.9. The largest absolute Gasteiger partial charge is 0.356 e. The molecule has 0 aromatic carbocycles. The molecule has 0 atom stereocenters. The number of fused-ring (bicyclic) bond motifs is 1. The molecule has 1 aromatic rings. The molecule has 1 aliphatic carbocycles. The Morgan fingerprint density at radius 3 is 2.79 bits per heavy atom. The van der Waals surface area contributed by atoms with Crippen molar-refractivity contribution in [2.45, 2.75) is 52.4 Å². The fraction of sp³-hybridized carbons (Fsp3) is 0.625. The summed E-state index contributed by atoms with van der Waals surface area (Å²) in [5.74, 6) is 0.902. The smallest absolute Gasteiger partial charge is 0.146 e. The summed E-state index contributed by atoms with van der Waals surface area (Å²) < 4.78 is 0. The molecule has 3 nitrogen and oxygen atoms in total. The molecule has 0 spiro atoms. The summed E-state index contributed by atoms with van der Waals surface area (Å²) in [4.78, 5) is 7.06. The highest BCUT2D eigenvalue weighted by Gasteiger charge is 2.18. The lowest BCUT2D eigenvalue weighted by Gasteiger charge is -2.25. The number of pyridine rings is 1. The first-order valence-electron chi connectivity index (χ1n) is 7.48. The van der Waals surface area contributed by atoms with Crippen molar-refractivity contribution in [3.8, 4) is 6.07 Å². The number of aryl methyl sites for hydroxylation is 2. The van der Waals surface area contributed by atoms with Crippen molar-refractivity contribution in [2.24, 2.45) is 0 Å². The van der Waals surface area contributed by atoms with Gasteiger partial charge in [-0.2, -0.15) is 5.26 Å². The van der Waals surface area contributed by atoms with Crippen LogP contribution in [0.1, 0.15) is 56.4 Å². The van der Waals surface area contributed by atoms with Crippen LogP contribution in [0.2, 0.25) is 0 Å². The number of rotatable bonds is 5. The van der Waals surface area contributed by atoms with Gasteiger partial charge in [-0.05, 0) is 50.7 Å². The molecule has 0 N–H and O–H groups in total. The molecule has 0 aliphatic heterocycles. The highest BCUT2D eigenvalue weighted by atomic mass is 15.2. The van der Waals surface area contributed by atoms with Gasteiger partial charge in [0.2, 0.25) is 0 Å². The number of unbranched alkanes of at least 4 members (excludes halogenated alkanes) is 1. The van der Waals surface area contributed by atoms with E-state index in [0.717, 1.165) is 43.7 Å². The van der Waals surface area contributed by atoms with E-state index < -0.39 is 0 Å². The maximum absolute atomic E-state index is 9.37. The van der Waals surface area contributed by atoms with Gasteiger partial charge in [-0.1, -0.05) is 13.3 Å². The van der Waals surface area contributed by atoms with Crippen molar-refractivity contribution in [2.75, 3.05) is 18.0 Å². The van der Waals surface area contributed by atoms with Gasteiger partial charge in [0.05, 0.1) is 5.56 Å². The predicted molar refractivity (Wildman–Crippen MR) is 78.4 cm³/mol. The number of anilines is 1. The van der Waals surface area contributed by atoms with Crippen LogP contribution in [0, 0.1) is 11.3 Å². The minimum Gasteiger partial charge on any atom is -0.356 e. The summed E-state index contributed by atoms with van der Waals surface area (Å²) in [6.45, 7) is 6.24. The van der Waals surface area contributed by atoms with Gasteiger partial charge in [0, 0.05) is 18.8 Å². The summed E-state index contributed by atoms with van der Waals surface area (Å²) in [5, 5.41) is 9.37. The zero-order valence-electron chi connectivity index (χ0n) is 12.1. The van der Waals surface area contributed by atoms with Crippen LogP contribution in [0.15, 0.2) is 6.07 Å². The molecule has 2 rings (SSSR count). The number of hydrogen-bond acceptors (Lipinski definition) is 3. The van der Waals surface area contributed by atoms with Crippen molar-refractivity contribution in [1.82, 2.24) is 4.98 Å². The third kappa shape index (κ3) is 3.07. The predicted octanol–water partition coefficient (Wildman–Crippen LogP) is 3.46. The van der Waals surface area contributed by atoms with E-state index in [2.05, 4.69) is 30.9 Å². The SMILES string of the molecule is CCCCN(CC)c1nc2c(cc1C#N)CCCC2. The molecule has 1 heterocycles. The molecule has 3 heteroatoms. The highest BCUT2D eigenvalue weighted by Crippen LogP contribution is 2.26. The second-order valence-corrected chi connectivity index (χ2v) is 5.22. The van der Waals surface area contributed by atoms with E-state index in [-0.39, 0.29) is 0 Å². The zero-order valence-corrected chi connectivity index (χ0v) is 12.1. The molecule has 1 aromatic heterocycles. The van der Waals surface area contributed by atoms with E-state index in [1.165, 1.54) is 30.5 Å². The maximum atomic E-state index is 9.37. The summed E-state index contributed by atoms with van der Waals surface area (Å²) in [5.41, 5.74) is 3.26. The van der Waals surface area contributed by atoms with Gasteiger partial charge in [0.1, 0.15) is 11.9 Å². The quantitative estimate of drug-likeness (QED) is 0.811. The van der Waals surface area contributed by atoms with E-state index in [9.17, 15) is 5.26 Å². The average Bonchev–Trinajstić information content (AvgIpc) is 2.47. The van der Waals surface area contributed by atoms with Gasteiger partial charge >= 0.3 is 0 Å². The fourth-order valence-corrected chi connectivity index (χ4v) is 2.71. The molecule has 19 heavy (non-hydrogen) atoms. The number of hydrogen-bond donors (Lipinski definition) is 0. The molecule has 0 saturated carbocycles. The molecule has 0 fully saturated rings. The van der Waals surface area contributed by atoms with Crippen LogP contribution < -0.4 is 4.90 Å². The van der Waals surface area contributed by atoms with Crippen molar-refractivity contribution in [3.63, 3.8) is 0 Å². The van der Waals surface area contributed by atoms with Gasteiger partial charge in [-0.15, -0.1) is 0 Å². The van der Waals surface area contributed by atoms with E-state index in [4.69, 9.17) is 4.98 Å². The maximum Gasteiger partial charge on any atom is 0.146 e. The number of nitrogens with zero attached hydrogens (tertiary/aromatic N) is 3. The molecule has 0 radical (unpaired) electrons. The van der Waals surface area contributed by atoms with Crippen LogP contribution in [0.5, 0.6) is 0 Å². The first-order chi connectivity index (χ1) is 9.30. The molecule has 0 amide bonds. The Balaban J connectivity index is 2.34. The molecule has 1 aliphatic rings. The Kier molecular flexibility index (Phi) is 4.79. The first-order valence-corrected chi connectivity index (χ1v) is 7.48. The van der Waals surface area contributed by atoms with E-state index in [0.29, 0.717) is 0 Å². The third-order valence-electron chi connectivity index (χ3n) is 3.86. The Morgan fingerprint density at radius 2 is 2.11 bits per heavy atom. The topological polar surface area (TPSA) is 39.9 Å². The molecule has 0 saturated heterocycles. The zero-order chi connectivity index (χ0) is 13.7. The van der Waals surface area contributed by atoms with Crippen molar-refractivity contribution < 1.29 is 0 Å². The second kappa shape index (κ2) is 6.56.